The number of nitrogens with one attached hydrogen (secondary N) is 24. The summed E-state index contributed by atoms with van der Waals surface area (Å²) >= 11 is 1.55. The largest absolute Gasteiger partial charge is 0.481 e. The number of aromatic nitrogens is 1. The Kier molecular flexibility index (Phi) is 52.7. The van der Waals surface area contributed by atoms with Gasteiger partial charge in [0.05, 0.1) is 12.6 Å². The number of carboxylic acids is 1. The summed E-state index contributed by atoms with van der Waals surface area (Å²) in [6.45, 7) is 19.7. The van der Waals surface area contributed by atoms with Crippen LogP contribution < -0.4 is 135 Å². The van der Waals surface area contributed by atoms with Crippen LogP contribution in [0.3, 0.4) is 0 Å². The van der Waals surface area contributed by atoms with Crippen LogP contribution >= 0.6 is 23.5 Å². The number of guanidine groups is 2. The van der Waals surface area contributed by atoms with Crippen LogP contribution in [0.15, 0.2) is 30.5 Å². The Bertz CT molecular complexity index is 5030. The summed E-state index contributed by atoms with van der Waals surface area (Å²) < 4.78 is 0. The highest BCUT2D eigenvalue weighted by molar-refractivity contribution is 8.16. The molecule has 34 N–H and O–H groups in total. The molecule has 1 aromatic heterocycles. The summed E-state index contributed by atoms with van der Waals surface area (Å²) in [5.74, 6) is -26.3. The predicted molar refractivity (Wildman–Crippen MR) is 538 cm³/mol. The van der Waals surface area contributed by atoms with Gasteiger partial charge in [0, 0.05) is 73.8 Å². The molecule has 4 rings (SSSR count). The number of thioether (sulfide) groups is 2. The van der Waals surface area contributed by atoms with E-state index in [1.807, 2.05) is 0 Å². The first-order valence-electron chi connectivity index (χ1n) is 48.3. The van der Waals surface area contributed by atoms with E-state index in [0.29, 0.717) is 28.2 Å². The lowest BCUT2D eigenvalue weighted by atomic mass is 9.97. The Labute approximate surface area is 858 Å². The number of primary amides is 2. The van der Waals surface area contributed by atoms with Gasteiger partial charge in [-0.1, -0.05) is 66.2 Å². The number of amides is 22. The quantitative estimate of drug-likeness (QED) is 0.0204. The number of aromatic amines is 1. The number of benzene rings is 1. The molecule has 0 aliphatic carbocycles. The fraction of sp³-hybridized carbons (Fsp3) is 0.637. The van der Waals surface area contributed by atoms with Crippen molar-refractivity contribution >= 4 is 182 Å². The Morgan fingerprint density at radius 1 is 0.497 bits per heavy atom. The second-order valence-corrected chi connectivity index (χ2v) is 39.5. The fourth-order valence-corrected chi connectivity index (χ4v) is 17.2. The number of nitrogens with two attached hydrogens (primary N) is 4. The van der Waals surface area contributed by atoms with Gasteiger partial charge in [-0.3, -0.25) is 121 Å². The van der Waals surface area contributed by atoms with Gasteiger partial charge in [0.2, 0.25) is 124 Å². The van der Waals surface area contributed by atoms with Gasteiger partial charge in [0.25, 0.3) is 5.91 Å². The SMILES string of the molecule is CC[C@H](C)[C@@H]1NC(=O)[C@H](C)NC(=O)[C@@H](NC(=O)[C@@H](C)NC(C)=O)CSCS[C@@H](C(=O)N[C@@H](C)C(N)=O)NC(=O)[C@H](C)NC(=O)[C@H](C)NC(=O)[C@H](CCCNC(=N)N)NC(=O)[C@H](C)NC(=O)[C@H](C)NC(=O)[C@H](CC(C)C)NC(=O)[C@H](Cc2c[nH]c3ccccc23)NC(=O)[C@H](CCC(N)=O)NC(=O)[C@H](CCCNC(=N)N)NC(=O)[C@H](CC(C)C)NC(=O)[C@H]([C@@H](C)O)NC(=O)[C@@H]2CCCN2C(=O)CNC(=O)[C@H](CCC(=O)O)NC1=O. The highest BCUT2D eigenvalue weighted by atomic mass is 32.2. The van der Waals surface area contributed by atoms with Gasteiger partial charge in [0.15, 0.2) is 17.3 Å². The van der Waals surface area contributed by atoms with Crippen molar-refractivity contribution in [2.24, 2.45) is 40.7 Å². The van der Waals surface area contributed by atoms with Crippen molar-refractivity contribution in [1.29, 1.82) is 10.8 Å². The van der Waals surface area contributed by atoms with Crippen LogP contribution in [0.2, 0.25) is 0 Å². The molecular formula is C91H147N29O25S2. The molecule has 818 valence electrons. The Morgan fingerprint density at radius 2 is 0.925 bits per heavy atom. The number of hydrogen-bond acceptors (Lipinski definition) is 28. The van der Waals surface area contributed by atoms with Crippen molar-refractivity contribution in [2.45, 2.75) is 314 Å². The molecule has 147 heavy (non-hydrogen) atoms. The number of nitrogens with zero attached hydrogens (tertiary/aromatic N) is 1. The summed E-state index contributed by atoms with van der Waals surface area (Å²) in [7, 11) is 0. The van der Waals surface area contributed by atoms with Crippen molar-refractivity contribution in [2.75, 3.05) is 37.0 Å². The number of hydrogen-bond donors (Lipinski definition) is 30. The molecule has 0 bridgehead atoms. The normalized spacial score (nSPS) is 25.6. The molecule has 2 aromatic rings. The number of aliphatic hydroxyl groups excluding tert-OH is 1. The number of aliphatic hydroxyl groups is 1. The van der Waals surface area contributed by atoms with Gasteiger partial charge in [-0.2, -0.15) is 0 Å². The van der Waals surface area contributed by atoms with Gasteiger partial charge >= 0.3 is 5.97 Å². The average Bonchev–Trinajstić information content (AvgIpc) is 1.70. The molecular weight excluding hydrogens is 1960 g/mol. The van der Waals surface area contributed by atoms with Crippen molar-refractivity contribution in [1.82, 2.24) is 122 Å². The van der Waals surface area contributed by atoms with Gasteiger partial charge in [-0.05, 0) is 149 Å². The van der Waals surface area contributed by atoms with Gasteiger partial charge in [-0.15, -0.1) is 23.5 Å². The Hall–Kier alpha value is -14.2. The van der Waals surface area contributed by atoms with Crippen LogP contribution in [0.5, 0.6) is 0 Å². The first kappa shape index (κ1) is 125. The standard InChI is InChI=1S/C91H147N29O25S2/c1-16-43(6)68-86(143)112-58(28-30-67(125)126)77(134)101-38-66(124)120-33-21-26-64(120)85(142)118-69(51(14)121)87(144)115-61(35-42(4)5)82(139)110-57(25-20-32-99-91(96)97)79(136)111-59(27-29-65(92)123)80(137)114-62(36-53-37-100-55-23-18-17-22-54(53)55)83(140)113-60(34-41(2)3)81(138)107-47(10)72(129)104-48(11)74(131)109-56(24-19-31-98-90(94)95)78(135)106-46(9)71(128)105-50(13)76(133)119-89(88(145)103-44(7)70(93)127)147-40-146-39-63(84(141)108-49(12)75(132)117-68)116-73(130)45(8)102-52(15)122/h17-18,22-23,37,41-51,56-64,68-69,89,100,121H,16,19-21,24-36,38-40H2,1-15H3,(H2,92,123)(H2,93,127)(H,101,134)(H,102,122)(H,103,145)(H,104,129)(H,105,128)(H,106,135)(H,107,138)(H,108,141)(H,109,131)(H,110,139)(H,111,136)(H,112,143)(H,113,140)(H,114,137)(H,115,144)(H,116,130)(H,117,132)(H,118,142)(H,119,133)(H,125,126)(H4,94,95,98)(H4,96,97,99)/t43-,44-,45+,46-,47-,48-,49-,50-,51+,56-,57-,58-,59-,60-,61-,62-,63-,64-,68-,69-,89-/m0/s1. The third kappa shape index (κ3) is 43.5. The molecule has 0 saturated carbocycles. The Balaban J connectivity index is 1.86. The number of aliphatic carboxylic acids is 1. The molecule has 22 amide bonds. The van der Waals surface area contributed by atoms with Gasteiger partial charge < -0.3 is 155 Å². The maximum atomic E-state index is 15.1. The van der Waals surface area contributed by atoms with E-state index in [0.717, 1.165) is 30.5 Å². The molecule has 2 aliphatic heterocycles. The molecule has 2 saturated heterocycles. The van der Waals surface area contributed by atoms with Crippen molar-refractivity contribution in [3.05, 3.63) is 36.0 Å². The number of fused-ring (bicyclic) bond motifs is 2. The lowest BCUT2D eigenvalue weighted by Crippen LogP contribution is -2.61. The number of H-pyrrole nitrogens is 1. The van der Waals surface area contributed by atoms with Crippen molar-refractivity contribution in [3.8, 4) is 0 Å². The average molecular weight is 2110 g/mol. The van der Waals surface area contributed by atoms with E-state index in [-0.39, 0.29) is 94.8 Å². The minimum atomic E-state index is -1.88. The van der Waals surface area contributed by atoms with E-state index in [1.165, 1.54) is 55.4 Å². The van der Waals surface area contributed by atoms with E-state index >= 15 is 9.59 Å². The Morgan fingerprint density at radius 3 is 1.44 bits per heavy atom. The maximum Gasteiger partial charge on any atom is 0.303 e. The van der Waals surface area contributed by atoms with Crippen molar-refractivity contribution < 1.29 is 120 Å². The monoisotopic (exact) mass is 2110 g/mol. The van der Waals surface area contributed by atoms with E-state index in [1.54, 1.807) is 65.1 Å². The van der Waals surface area contributed by atoms with Crippen LogP contribution in [-0.4, -0.2) is 325 Å². The lowest BCUT2D eigenvalue weighted by Gasteiger charge is -2.30. The van der Waals surface area contributed by atoms with Crippen molar-refractivity contribution in [3.63, 3.8) is 0 Å². The highest BCUT2D eigenvalue weighted by Crippen LogP contribution is 2.24. The van der Waals surface area contributed by atoms with Crippen LogP contribution in [0.4, 0.5) is 0 Å². The minimum Gasteiger partial charge on any atom is -0.481 e. The summed E-state index contributed by atoms with van der Waals surface area (Å²) in [6.07, 6.45) is -3.46. The number of carbonyl (C=O) groups is 23. The second-order valence-electron chi connectivity index (χ2n) is 37.0. The topological polar surface area (TPSA) is 857 Å². The molecule has 3 heterocycles. The zero-order chi connectivity index (χ0) is 111. The lowest BCUT2D eigenvalue weighted by molar-refractivity contribution is -0.141. The number of carboxylic acid groups (broad SMARTS) is 1. The van der Waals surface area contributed by atoms with Gasteiger partial charge in [-0.25, -0.2) is 0 Å². The molecule has 2 aliphatic rings. The second kappa shape index (κ2) is 61.9. The molecule has 0 radical (unpaired) electrons. The maximum absolute atomic E-state index is 15.1. The molecule has 0 unspecified atom stereocenters. The smallest absolute Gasteiger partial charge is 0.303 e. The minimum absolute atomic E-state index is 0.0155. The predicted octanol–water partition coefficient (Wildman–Crippen LogP) is -8.24. The first-order chi connectivity index (χ1) is 68.9. The summed E-state index contributed by atoms with van der Waals surface area (Å²) in [6, 6.07) is -21.2. The van der Waals surface area contributed by atoms with E-state index < -0.39 is 318 Å². The number of rotatable bonds is 29. The van der Waals surface area contributed by atoms with E-state index in [4.69, 9.17) is 33.8 Å². The third-order valence-corrected chi connectivity index (χ3v) is 25.9. The van der Waals surface area contributed by atoms with E-state index in [9.17, 15) is 111 Å². The van der Waals surface area contributed by atoms with Gasteiger partial charge in [0.1, 0.15) is 109 Å². The highest BCUT2D eigenvalue weighted by Gasteiger charge is 2.43. The first-order valence-corrected chi connectivity index (χ1v) is 50.5. The van der Waals surface area contributed by atoms with E-state index in [2.05, 4.69) is 117 Å². The molecule has 21 atom stereocenters. The van der Waals surface area contributed by atoms with Crippen LogP contribution in [0, 0.1) is 28.6 Å². The summed E-state index contributed by atoms with van der Waals surface area (Å²) in [5.41, 5.74) is 23.2. The third-order valence-electron chi connectivity index (χ3n) is 23.5. The van der Waals surface area contributed by atoms with Crippen LogP contribution in [-0.2, 0) is 117 Å². The molecule has 1 aromatic carbocycles. The zero-order valence-corrected chi connectivity index (χ0v) is 86.8. The zero-order valence-electron chi connectivity index (χ0n) is 85.2. The van der Waals surface area contributed by atoms with Crippen LogP contribution in [0.25, 0.3) is 10.9 Å². The molecule has 0 spiro atoms. The summed E-state index contributed by atoms with van der Waals surface area (Å²) in [5, 5.41) is 87.6. The molecule has 54 nitrogen and oxygen atoms in total. The molecule has 2 fully saturated rings. The molecule has 56 heteroatoms. The fourth-order valence-electron chi connectivity index (χ4n) is 15.0. The number of para-hydroxylation sites is 1. The summed E-state index contributed by atoms with van der Waals surface area (Å²) in [4.78, 5) is 326. The van der Waals surface area contributed by atoms with Crippen LogP contribution in [0.1, 0.15) is 193 Å². The number of carbonyl (C=O) groups excluding carboxylic acids is 22.